The van der Waals surface area contributed by atoms with Gasteiger partial charge in [-0.15, -0.1) is 0 Å². The standard InChI is InChI=1S/C21H24N2O4/c1-26-18-12-16(13-19(14-18)27-2)21(25)23-10-8-17(9-11-23)22-20(24)15-6-4-3-5-7-15/h3-7,12-14,17H,8-11H2,1-2H3,(H,22,24). The Hall–Kier alpha value is -3.02. The molecule has 1 aliphatic heterocycles. The molecule has 6 nitrogen and oxygen atoms in total. The Morgan fingerprint density at radius 3 is 2.07 bits per heavy atom. The van der Waals surface area contributed by atoms with Gasteiger partial charge in [-0.25, -0.2) is 0 Å². The van der Waals surface area contributed by atoms with Crippen LogP contribution in [0, 0.1) is 0 Å². The number of carbonyl (C=O) groups is 2. The summed E-state index contributed by atoms with van der Waals surface area (Å²) in [6, 6.07) is 14.4. The Morgan fingerprint density at radius 2 is 1.52 bits per heavy atom. The lowest BCUT2D eigenvalue weighted by Crippen LogP contribution is -2.46. The molecule has 0 unspecified atom stereocenters. The lowest BCUT2D eigenvalue weighted by atomic mass is 10.0. The van der Waals surface area contributed by atoms with Gasteiger partial charge in [-0.2, -0.15) is 0 Å². The fraction of sp³-hybridized carbons (Fsp3) is 0.333. The normalized spacial score (nSPS) is 14.5. The number of nitrogens with zero attached hydrogens (tertiary/aromatic N) is 1. The molecule has 1 saturated heterocycles. The van der Waals surface area contributed by atoms with E-state index in [0.717, 1.165) is 12.8 Å². The number of piperidine rings is 1. The second-order valence-corrected chi connectivity index (χ2v) is 6.51. The average molecular weight is 368 g/mol. The summed E-state index contributed by atoms with van der Waals surface area (Å²) in [6.07, 6.45) is 1.46. The second kappa shape index (κ2) is 8.58. The van der Waals surface area contributed by atoms with Crippen LogP contribution in [-0.4, -0.2) is 50.1 Å². The van der Waals surface area contributed by atoms with Crippen LogP contribution < -0.4 is 14.8 Å². The first kappa shape index (κ1) is 18.8. The summed E-state index contributed by atoms with van der Waals surface area (Å²) in [5, 5.41) is 3.05. The van der Waals surface area contributed by atoms with Gasteiger partial charge in [0.05, 0.1) is 14.2 Å². The highest BCUT2D eigenvalue weighted by Crippen LogP contribution is 2.24. The Bertz CT molecular complexity index is 777. The molecule has 0 spiro atoms. The van der Waals surface area contributed by atoms with E-state index in [0.29, 0.717) is 35.7 Å². The molecule has 0 aliphatic carbocycles. The predicted octanol–water partition coefficient (Wildman–Crippen LogP) is 2.74. The average Bonchev–Trinajstić information content (AvgIpc) is 2.74. The van der Waals surface area contributed by atoms with Crippen LogP contribution in [0.3, 0.4) is 0 Å². The predicted molar refractivity (Wildman–Crippen MR) is 102 cm³/mol. The number of hydrogen-bond donors (Lipinski definition) is 1. The van der Waals surface area contributed by atoms with Gasteiger partial charge in [-0.1, -0.05) is 18.2 Å². The minimum atomic E-state index is -0.0714. The van der Waals surface area contributed by atoms with Crippen molar-refractivity contribution in [1.29, 1.82) is 0 Å². The SMILES string of the molecule is COc1cc(OC)cc(C(=O)N2CCC(NC(=O)c3ccccc3)CC2)c1. The van der Waals surface area contributed by atoms with Crippen molar-refractivity contribution < 1.29 is 19.1 Å². The highest BCUT2D eigenvalue weighted by molar-refractivity contribution is 5.95. The molecule has 1 heterocycles. The second-order valence-electron chi connectivity index (χ2n) is 6.51. The minimum Gasteiger partial charge on any atom is -0.497 e. The van der Waals surface area contributed by atoms with Crippen LogP contribution in [0.5, 0.6) is 11.5 Å². The third-order valence-electron chi connectivity index (χ3n) is 4.75. The van der Waals surface area contributed by atoms with Gasteiger partial charge in [0.15, 0.2) is 0 Å². The number of ether oxygens (including phenoxy) is 2. The fourth-order valence-corrected chi connectivity index (χ4v) is 3.20. The molecule has 0 saturated carbocycles. The smallest absolute Gasteiger partial charge is 0.254 e. The van der Waals surface area contributed by atoms with Crippen molar-refractivity contribution in [3.63, 3.8) is 0 Å². The van der Waals surface area contributed by atoms with E-state index in [-0.39, 0.29) is 17.9 Å². The molecule has 2 aromatic rings. The van der Waals surface area contributed by atoms with Gasteiger partial charge in [-0.3, -0.25) is 9.59 Å². The molecule has 0 radical (unpaired) electrons. The molecule has 142 valence electrons. The van der Waals surface area contributed by atoms with Gasteiger partial charge in [0.2, 0.25) is 0 Å². The van der Waals surface area contributed by atoms with Crippen molar-refractivity contribution in [1.82, 2.24) is 10.2 Å². The maximum atomic E-state index is 12.8. The van der Waals surface area contributed by atoms with Gasteiger partial charge >= 0.3 is 0 Å². The summed E-state index contributed by atoms with van der Waals surface area (Å²) in [5.41, 5.74) is 1.19. The van der Waals surface area contributed by atoms with E-state index in [4.69, 9.17) is 9.47 Å². The maximum absolute atomic E-state index is 12.8. The van der Waals surface area contributed by atoms with E-state index in [1.54, 1.807) is 49.5 Å². The van der Waals surface area contributed by atoms with Gasteiger partial charge in [0, 0.05) is 36.3 Å². The Morgan fingerprint density at radius 1 is 0.926 bits per heavy atom. The molecule has 0 atom stereocenters. The van der Waals surface area contributed by atoms with Crippen molar-refractivity contribution >= 4 is 11.8 Å². The monoisotopic (exact) mass is 368 g/mol. The number of carbonyl (C=O) groups excluding carboxylic acids is 2. The molecule has 1 N–H and O–H groups in total. The molecule has 0 aromatic heterocycles. The van der Waals surface area contributed by atoms with Crippen LogP contribution in [0.25, 0.3) is 0 Å². The highest BCUT2D eigenvalue weighted by atomic mass is 16.5. The van der Waals surface area contributed by atoms with Gasteiger partial charge in [-0.05, 0) is 37.1 Å². The van der Waals surface area contributed by atoms with E-state index in [1.165, 1.54) is 0 Å². The highest BCUT2D eigenvalue weighted by Gasteiger charge is 2.25. The number of rotatable bonds is 5. The number of benzene rings is 2. The molecule has 2 aromatic carbocycles. The summed E-state index contributed by atoms with van der Waals surface area (Å²) in [6.45, 7) is 1.19. The van der Waals surface area contributed by atoms with E-state index in [1.807, 2.05) is 18.2 Å². The van der Waals surface area contributed by atoms with E-state index in [9.17, 15) is 9.59 Å². The quantitative estimate of drug-likeness (QED) is 0.881. The van der Waals surface area contributed by atoms with E-state index < -0.39 is 0 Å². The lowest BCUT2D eigenvalue weighted by Gasteiger charge is -2.32. The zero-order valence-electron chi connectivity index (χ0n) is 15.6. The first-order valence-corrected chi connectivity index (χ1v) is 8.99. The number of nitrogens with one attached hydrogen (secondary N) is 1. The first-order valence-electron chi connectivity index (χ1n) is 8.99. The third kappa shape index (κ3) is 4.58. The number of methoxy groups -OCH3 is 2. The van der Waals surface area contributed by atoms with E-state index >= 15 is 0 Å². The third-order valence-corrected chi connectivity index (χ3v) is 4.75. The van der Waals surface area contributed by atoms with Crippen molar-refractivity contribution in [3.05, 3.63) is 59.7 Å². The summed E-state index contributed by atoms with van der Waals surface area (Å²) in [7, 11) is 3.12. The van der Waals surface area contributed by atoms with Crippen LogP contribution >= 0.6 is 0 Å². The van der Waals surface area contributed by atoms with Gasteiger partial charge in [0.25, 0.3) is 11.8 Å². The van der Waals surface area contributed by atoms with Crippen LogP contribution in [-0.2, 0) is 0 Å². The molecule has 1 fully saturated rings. The van der Waals surface area contributed by atoms with Gasteiger partial charge in [0.1, 0.15) is 11.5 Å². The molecular formula is C21H24N2O4. The Balaban J connectivity index is 1.59. The van der Waals surface area contributed by atoms with Crippen LogP contribution in [0.1, 0.15) is 33.6 Å². The summed E-state index contributed by atoms with van der Waals surface area (Å²) in [5.74, 6) is 1.04. The van der Waals surface area contributed by atoms with Crippen molar-refractivity contribution in [2.24, 2.45) is 0 Å². The van der Waals surface area contributed by atoms with E-state index in [2.05, 4.69) is 5.32 Å². The lowest BCUT2D eigenvalue weighted by molar-refractivity contribution is 0.0697. The topological polar surface area (TPSA) is 67.9 Å². The fourth-order valence-electron chi connectivity index (χ4n) is 3.20. The summed E-state index contributed by atoms with van der Waals surface area (Å²) < 4.78 is 10.5. The zero-order valence-corrected chi connectivity index (χ0v) is 15.6. The van der Waals surface area contributed by atoms with Crippen LogP contribution in [0.2, 0.25) is 0 Å². The molecule has 27 heavy (non-hydrogen) atoms. The minimum absolute atomic E-state index is 0.0555. The zero-order chi connectivity index (χ0) is 19.2. The largest absolute Gasteiger partial charge is 0.497 e. The molecule has 1 aliphatic rings. The molecule has 0 bridgehead atoms. The number of hydrogen-bond acceptors (Lipinski definition) is 4. The van der Waals surface area contributed by atoms with Crippen molar-refractivity contribution in [2.45, 2.75) is 18.9 Å². The summed E-state index contributed by atoms with van der Waals surface area (Å²) >= 11 is 0. The first-order chi connectivity index (χ1) is 13.1. The maximum Gasteiger partial charge on any atom is 0.254 e. The van der Waals surface area contributed by atoms with Crippen LogP contribution in [0.4, 0.5) is 0 Å². The van der Waals surface area contributed by atoms with Gasteiger partial charge < -0.3 is 19.7 Å². The number of likely N-dealkylation sites (tertiary alicyclic amines) is 1. The molecular weight excluding hydrogens is 344 g/mol. The van der Waals surface area contributed by atoms with Crippen molar-refractivity contribution in [3.8, 4) is 11.5 Å². The number of amides is 2. The Labute approximate surface area is 159 Å². The molecule has 6 heteroatoms. The summed E-state index contributed by atoms with van der Waals surface area (Å²) in [4.78, 5) is 26.9. The molecule has 2 amide bonds. The van der Waals surface area contributed by atoms with Crippen LogP contribution in [0.15, 0.2) is 48.5 Å². The Kier molecular flexibility index (Phi) is 5.96. The van der Waals surface area contributed by atoms with Crippen molar-refractivity contribution in [2.75, 3.05) is 27.3 Å². The molecule has 3 rings (SSSR count).